The lowest BCUT2D eigenvalue weighted by Gasteiger charge is -2.18. The van der Waals surface area contributed by atoms with Crippen LogP contribution in [0, 0.1) is 5.82 Å². The van der Waals surface area contributed by atoms with Gasteiger partial charge in [-0.3, -0.25) is 9.48 Å². The average Bonchev–Trinajstić information content (AvgIpc) is 3.18. The molecule has 1 aliphatic carbocycles. The topological polar surface area (TPSA) is 59.0 Å². The Balaban J connectivity index is 1.82. The summed E-state index contributed by atoms with van der Waals surface area (Å²) in [5, 5.41) is 10.3. The third-order valence-electron chi connectivity index (χ3n) is 3.40. The van der Waals surface area contributed by atoms with Crippen molar-refractivity contribution in [3.05, 3.63) is 47.9 Å². The molecule has 1 fully saturated rings. The number of anilines is 1. The molecule has 1 atom stereocenters. The summed E-state index contributed by atoms with van der Waals surface area (Å²) in [5.74, 6) is 0.172. The fourth-order valence-corrected chi connectivity index (χ4v) is 2.11. The van der Waals surface area contributed by atoms with E-state index in [0.29, 0.717) is 11.4 Å². The number of aromatic nitrogens is 2. The first-order chi connectivity index (χ1) is 10.1. The fourth-order valence-electron chi connectivity index (χ4n) is 2.11. The Morgan fingerprint density at radius 2 is 2.05 bits per heavy atom. The molecule has 1 saturated carbocycles. The highest BCUT2D eigenvalue weighted by Crippen LogP contribution is 2.23. The Hall–Kier alpha value is -2.37. The van der Waals surface area contributed by atoms with Crippen LogP contribution in [0.4, 0.5) is 10.2 Å². The number of carbonyl (C=O) groups is 1. The van der Waals surface area contributed by atoms with E-state index < -0.39 is 6.04 Å². The minimum atomic E-state index is -0.582. The van der Waals surface area contributed by atoms with Crippen molar-refractivity contribution in [1.29, 1.82) is 0 Å². The van der Waals surface area contributed by atoms with E-state index in [1.54, 1.807) is 29.1 Å². The van der Waals surface area contributed by atoms with Crippen molar-refractivity contribution in [2.45, 2.75) is 24.9 Å². The molecule has 110 valence electrons. The van der Waals surface area contributed by atoms with Crippen LogP contribution in [0.5, 0.6) is 0 Å². The molecule has 0 spiro atoms. The lowest BCUT2D eigenvalue weighted by molar-refractivity contribution is -0.122. The second-order valence-electron chi connectivity index (χ2n) is 5.29. The summed E-state index contributed by atoms with van der Waals surface area (Å²) in [6.45, 7) is 0. The summed E-state index contributed by atoms with van der Waals surface area (Å²) >= 11 is 0. The molecule has 0 radical (unpaired) electrons. The number of nitrogens with one attached hydrogen (secondary N) is 2. The van der Waals surface area contributed by atoms with Crippen LogP contribution in [0.15, 0.2) is 36.5 Å². The van der Waals surface area contributed by atoms with Crippen molar-refractivity contribution in [2.24, 2.45) is 7.05 Å². The van der Waals surface area contributed by atoms with Crippen LogP contribution >= 0.6 is 0 Å². The van der Waals surface area contributed by atoms with Gasteiger partial charge in [-0.1, -0.05) is 12.1 Å². The van der Waals surface area contributed by atoms with Gasteiger partial charge in [0.15, 0.2) is 0 Å². The first kappa shape index (κ1) is 13.6. The molecule has 0 unspecified atom stereocenters. The summed E-state index contributed by atoms with van der Waals surface area (Å²) in [6, 6.07) is 7.41. The quantitative estimate of drug-likeness (QED) is 0.884. The zero-order chi connectivity index (χ0) is 14.8. The number of rotatable bonds is 5. The molecule has 2 aromatic rings. The van der Waals surface area contributed by atoms with Gasteiger partial charge in [0.25, 0.3) is 0 Å². The van der Waals surface area contributed by atoms with Gasteiger partial charge in [0.2, 0.25) is 5.91 Å². The number of amides is 1. The number of halogens is 1. The van der Waals surface area contributed by atoms with E-state index in [2.05, 4.69) is 15.7 Å². The van der Waals surface area contributed by atoms with Gasteiger partial charge in [0.05, 0.1) is 0 Å². The van der Waals surface area contributed by atoms with E-state index in [-0.39, 0.29) is 17.8 Å². The number of hydrogen-bond acceptors (Lipinski definition) is 3. The molecule has 1 amide bonds. The first-order valence-corrected chi connectivity index (χ1v) is 6.94. The van der Waals surface area contributed by atoms with Gasteiger partial charge in [-0.25, -0.2) is 4.39 Å². The molecule has 2 N–H and O–H groups in total. The number of carbonyl (C=O) groups excluding carboxylic acids is 1. The van der Waals surface area contributed by atoms with Gasteiger partial charge in [0, 0.05) is 25.4 Å². The van der Waals surface area contributed by atoms with Crippen LogP contribution in [0.3, 0.4) is 0 Å². The van der Waals surface area contributed by atoms with Crippen molar-refractivity contribution >= 4 is 11.7 Å². The van der Waals surface area contributed by atoms with Crippen molar-refractivity contribution in [3.63, 3.8) is 0 Å². The SMILES string of the molecule is Cn1ccc(N[C@H](C(=O)NC2CC2)c2ccc(F)cc2)n1. The summed E-state index contributed by atoms with van der Waals surface area (Å²) in [5.41, 5.74) is 0.709. The maximum absolute atomic E-state index is 13.1. The highest BCUT2D eigenvalue weighted by molar-refractivity contribution is 5.86. The second-order valence-corrected chi connectivity index (χ2v) is 5.29. The molecule has 0 saturated heterocycles. The first-order valence-electron chi connectivity index (χ1n) is 6.94. The van der Waals surface area contributed by atoms with Crippen molar-refractivity contribution in [1.82, 2.24) is 15.1 Å². The number of nitrogens with zero attached hydrogens (tertiary/aromatic N) is 2. The molecule has 0 bridgehead atoms. The lowest BCUT2D eigenvalue weighted by atomic mass is 10.1. The minimum absolute atomic E-state index is 0.116. The molecule has 6 heteroatoms. The smallest absolute Gasteiger partial charge is 0.247 e. The number of aryl methyl sites for hydroxylation is 1. The van der Waals surface area contributed by atoms with E-state index in [4.69, 9.17) is 0 Å². The second kappa shape index (κ2) is 5.55. The van der Waals surface area contributed by atoms with Gasteiger partial charge in [-0.15, -0.1) is 0 Å². The maximum atomic E-state index is 13.1. The monoisotopic (exact) mass is 288 g/mol. The van der Waals surface area contributed by atoms with E-state index in [1.165, 1.54) is 12.1 Å². The standard InChI is InChI=1S/C15H17FN4O/c1-20-9-8-13(19-20)18-14(15(21)17-12-6-7-12)10-2-4-11(16)5-3-10/h2-5,8-9,12,14H,6-7H2,1H3,(H,17,21)(H,18,19)/t14-/m0/s1. The van der Waals surface area contributed by atoms with Crippen molar-refractivity contribution in [2.75, 3.05) is 5.32 Å². The molecule has 21 heavy (non-hydrogen) atoms. The van der Waals surface area contributed by atoms with E-state index in [9.17, 15) is 9.18 Å². The summed E-state index contributed by atoms with van der Waals surface area (Å²) in [6.07, 6.45) is 3.83. The molecule has 1 aromatic heterocycles. The Morgan fingerprint density at radius 1 is 1.33 bits per heavy atom. The van der Waals surface area contributed by atoms with Crippen molar-refractivity contribution < 1.29 is 9.18 Å². The van der Waals surface area contributed by atoms with Crippen LogP contribution in [0.25, 0.3) is 0 Å². The fraction of sp³-hybridized carbons (Fsp3) is 0.333. The third kappa shape index (κ3) is 3.39. The lowest BCUT2D eigenvalue weighted by Crippen LogP contribution is -2.35. The van der Waals surface area contributed by atoms with Crippen LogP contribution in [-0.4, -0.2) is 21.7 Å². The highest BCUT2D eigenvalue weighted by Gasteiger charge is 2.28. The predicted octanol–water partition coefficient (Wildman–Crippen LogP) is 1.99. The van der Waals surface area contributed by atoms with E-state index in [1.807, 2.05) is 7.05 Å². The molecule has 1 heterocycles. The van der Waals surface area contributed by atoms with Gasteiger partial charge < -0.3 is 10.6 Å². The van der Waals surface area contributed by atoms with Crippen LogP contribution in [-0.2, 0) is 11.8 Å². The molecule has 0 aliphatic heterocycles. The minimum Gasteiger partial charge on any atom is -0.353 e. The maximum Gasteiger partial charge on any atom is 0.247 e. The van der Waals surface area contributed by atoms with E-state index >= 15 is 0 Å². The molecule has 1 aliphatic rings. The third-order valence-corrected chi connectivity index (χ3v) is 3.40. The Bertz CT molecular complexity index is 633. The van der Waals surface area contributed by atoms with E-state index in [0.717, 1.165) is 12.8 Å². The summed E-state index contributed by atoms with van der Waals surface area (Å²) in [4.78, 5) is 12.4. The van der Waals surface area contributed by atoms with Crippen molar-refractivity contribution in [3.8, 4) is 0 Å². The van der Waals surface area contributed by atoms with Crippen LogP contribution in [0.1, 0.15) is 24.4 Å². The molecule has 1 aromatic carbocycles. The van der Waals surface area contributed by atoms with Gasteiger partial charge in [-0.2, -0.15) is 5.10 Å². The molecular formula is C15H17FN4O. The van der Waals surface area contributed by atoms with Gasteiger partial charge >= 0.3 is 0 Å². The van der Waals surface area contributed by atoms with Gasteiger partial charge in [-0.05, 0) is 30.5 Å². The largest absolute Gasteiger partial charge is 0.353 e. The van der Waals surface area contributed by atoms with Crippen LogP contribution in [0.2, 0.25) is 0 Å². The zero-order valence-electron chi connectivity index (χ0n) is 11.7. The molecule has 5 nitrogen and oxygen atoms in total. The Kier molecular flexibility index (Phi) is 3.60. The normalized spacial score (nSPS) is 15.5. The molecule has 3 rings (SSSR count). The highest BCUT2D eigenvalue weighted by atomic mass is 19.1. The predicted molar refractivity (Wildman–Crippen MR) is 77.1 cm³/mol. The van der Waals surface area contributed by atoms with Gasteiger partial charge in [0.1, 0.15) is 17.7 Å². The average molecular weight is 288 g/mol. The zero-order valence-corrected chi connectivity index (χ0v) is 11.7. The molecular weight excluding hydrogens is 271 g/mol. The Labute approximate surface area is 122 Å². The Morgan fingerprint density at radius 3 is 2.62 bits per heavy atom. The number of benzene rings is 1. The summed E-state index contributed by atoms with van der Waals surface area (Å²) in [7, 11) is 1.81. The summed E-state index contributed by atoms with van der Waals surface area (Å²) < 4.78 is 14.7. The number of hydrogen-bond donors (Lipinski definition) is 2. The van der Waals surface area contributed by atoms with Crippen LogP contribution < -0.4 is 10.6 Å².